The van der Waals surface area contributed by atoms with Crippen molar-refractivity contribution in [1.82, 2.24) is 4.84 Å². The van der Waals surface area contributed by atoms with Gasteiger partial charge in [0.1, 0.15) is 0 Å². The van der Waals surface area contributed by atoms with Crippen LogP contribution in [0.4, 0.5) is 0 Å². The summed E-state index contributed by atoms with van der Waals surface area (Å²) in [5.41, 5.74) is 0.0107. The van der Waals surface area contributed by atoms with Crippen LogP contribution >= 0.6 is 11.8 Å². The minimum Gasteiger partial charge on any atom is -0.322 e. The van der Waals surface area contributed by atoms with Gasteiger partial charge in [0.15, 0.2) is 0 Å². The van der Waals surface area contributed by atoms with Gasteiger partial charge in [-0.25, -0.2) is 4.84 Å². The van der Waals surface area contributed by atoms with Crippen LogP contribution in [0, 0.1) is 0 Å². The summed E-state index contributed by atoms with van der Waals surface area (Å²) in [4.78, 5) is 2.98. The number of nitrogens with zero attached hydrogens (tertiary/aromatic N) is 1. The highest BCUT2D eigenvalue weighted by Gasteiger charge is 2.33. The van der Waals surface area contributed by atoms with Gasteiger partial charge in [-0.05, 0) is 44.9 Å². The maximum absolute atomic E-state index is 5.94. The van der Waals surface area contributed by atoms with Crippen LogP contribution in [-0.4, -0.2) is 36.2 Å². The molecule has 0 amide bonds. The molecule has 0 saturated carbocycles. The molecule has 0 aliphatic rings. The molecule has 0 aliphatic heterocycles. The maximum Gasteiger partial charge on any atom is 0.0978 e. The Morgan fingerprint density at radius 2 is 1.21 bits per heavy atom. The first-order chi connectivity index (χ1) is 8.95. The number of nitrogens with one attached hydrogen (secondary N) is 1. The molecule has 0 aromatic rings. The van der Waals surface area contributed by atoms with E-state index in [1.165, 1.54) is 62.6 Å². The Bertz CT molecular complexity index is 195. The first-order valence-electron chi connectivity index (χ1n) is 8.18. The van der Waals surface area contributed by atoms with E-state index in [-0.39, 0.29) is 5.54 Å². The molecule has 0 rings (SSSR count). The Morgan fingerprint density at radius 3 is 1.47 bits per heavy atom. The average Bonchev–Trinajstić information content (AvgIpc) is 2.40. The van der Waals surface area contributed by atoms with Crippen LogP contribution in [0.3, 0.4) is 0 Å². The number of halogens is 1. The fraction of sp³-hybridized carbons (Fsp3) is 1.00. The molecule has 0 aromatic heterocycles. The summed E-state index contributed by atoms with van der Waals surface area (Å²) in [6, 6.07) is 0. The summed E-state index contributed by atoms with van der Waals surface area (Å²) in [6.07, 6.45) is 7.83. The lowest BCUT2D eigenvalue weighted by molar-refractivity contribution is -0.931. The number of quaternary nitrogens is 1. The van der Waals surface area contributed by atoms with Crippen LogP contribution in [0.25, 0.3) is 0 Å². The first kappa shape index (κ1) is 19.2. The maximum atomic E-state index is 5.94. The van der Waals surface area contributed by atoms with Crippen LogP contribution in [0.1, 0.15) is 73.1 Å². The average molecular weight is 292 g/mol. The molecule has 0 fully saturated rings. The van der Waals surface area contributed by atoms with Gasteiger partial charge in [0, 0.05) is 0 Å². The minimum atomic E-state index is 0.0107. The molecule has 3 heteroatoms. The fourth-order valence-corrected chi connectivity index (χ4v) is 2.98. The summed E-state index contributed by atoms with van der Waals surface area (Å²) >= 11 is 5.94. The van der Waals surface area contributed by atoms with Gasteiger partial charge in [0.2, 0.25) is 0 Å². The van der Waals surface area contributed by atoms with Gasteiger partial charge in [-0.3, -0.25) is 0 Å². The van der Waals surface area contributed by atoms with Crippen molar-refractivity contribution in [2.45, 2.75) is 78.7 Å². The number of hydrogen-bond acceptors (Lipinski definition) is 1. The largest absolute Gasteiger partial charge is 0.322 e. The zero-order chi connectivity index (χ0) is 14.8. The molecule has 116 valence electrons. The SMILES string of the molecule is CCCC[N+](CCCC)(CCCC)CC(C)(C)NCl. The van der Waals surface area contributed by atoms with Crippen LogP contribution in [0.5, 0.6) is 0 Å². The van der Waals surface area contributed by atoms with E-state index in [0.29, 0.717) is 0 Å². The van der Waals surface area contributed by atoms with Crippen molar-refractivity contribution < 1.29 is 4.48 Å². The van der Waals surface area contributed by atoms with E-state index in [4.69, 9.17) is 11.8 Å². The molecule has 0 aliphatic carbocycles. The topological polar surface area (TPSA) is 12.0 Å². The Labute approximate surface area is 126 Å². The van der Waals surface area contributed by atoms with Gasteiger partial charge >= 0.3 is 0 Å². The van der Waals surface area contributed by atoms with Crippen molar-refractivity contribution in [3.8, 4) is 0 Å². The molecular weight excluding hydrogens is 256 g/mol. The summed E-state index contributed by atoms with van der Waals surface area (Å²) in [6.45, 7) is 16.4. The summed E-state index contributed by atoms with van der Waals surface area (Å²) < 4.78 is 1.24. The van der Waals surface area contributed by atoms with E-state index in [9.17, 15) is 0 Å². The monoisotopic (exact) mass is 291 g/mol. The molecular formula is C16H36ClN2+. The highest BCUT2D eigenvalue weighted by atomic mass is 35.5. The Hall–Kier alpha value is 0.210. The summed E-state index contributed by atoms with van der Waals surface area (Å²) in [5.74, 6) is 0. The van der Waals surface area contributed by atoms with Gasteiger partial charge < -0.3 is 4.48 Å². The molecule has 0 unspecified atom stereocenters. The Balaban J connectivity index is 4.85. The van der Waals surface area contributed by atoms with Gasteiger partial charge in [0.25, 0.3) is 0 Å². The lowest BCUT2D eigenvalue weighted by atomic mass is 10.0. The highest BCUT2D eigenvalue weighted by Crippen LogP contribution is 2.20. The summed E-state index contributed by atoms with van der Waals surface area (Å²) in [7, 11) is 0. The molecule has 2 nitrogen and oxygen atoms in total. The molecule has 0 radical (unpaired) electrons. The molecule has 0 heterocycles. The fourth-order valence-electron chi connectivity index (χ4n) is 2.92. The molecule has 0 saturated heterocycles. The molecule has 19 heavy (non-hydrogen) atoms. The van der Waals surface area contributed by atoms with Gasteiger partial charge in [0.05, 0.1) is 31.7 Å². The lowest BCUT2D eigenvalue weighted by Gasteiger charge is -2.43. The second kappa shape index (κ2) is 10.0. The van der Waals surface area contributed by atoms with Crippen LogP contribution < -0.4 is 4.84 Å². The van der Waals surface area contributed by atoms with E-state index < -0.39 is 0 Å². The van der Waals surface area contributed by atoms with E-state index in [1.807, 2.05) is 0 Å². The molecule has 1 N–H and O–H groups in total. The van der Waals surface area contributed by atoms with Gasteiger partial charge in [-0.2, -0.15) is 0 Å². The first-order valence-corrected chi connectivity index (χ1v) is 8.56. The van der Waals surface area contributed by atoms with Crippen molar-refractivity contribution >= 4 is 11.8 Å². The van der Waals surface area contributed by atoms with E-state index in [2.05, 4.69) is 39.5 Å². The smallest absolute Gasteiger partial charge is 0.0978 e. The standard InChI is InChI=1S/C16H36ClN2/c1-6-9-12-19(13-10-7-2,14-11-8-3)15-16(4,5)18-17/h18H,6-15H2,1-5H3/q+1. The third kappa shape index (κ3) is 8.16. The van der Waals surface area contributed by atoms with E-state index in [1.54, 1.807) is 0 Å². The predicted molar refractivity (Wildman–Crippen MR) is 87.5 cm³/mol. The second-order valence-electron chi connectivity index (χ2n) is 6.71. The van der Waals surface area contributed by atoms with Crippen LogP contribution in [-0.2, 0) is 0 Å². The number of unbranched alkanes of at least 4 members (excludes halogenated alkanes) is 3. The van der Waals surface area contributed by atoms with Crippen molar-refractivity contribution in [3.05, 3.63) is 0 Å². The second-order valence-corrected chi connectivity index (χ2v) is 6.90. The molecule has 0 aromatic carbocycles. The zero-order valence-electron chi connectivity index (χ0n) is 13.9. The Morgan fingerprint density at radius 1 is 0.842 bits per heavy atom. The number of hydrogen-bond donors (Lipinski definition) is 1. The molecule has 0 spiro atoms. The Kier molecular flexibility index (Phi) is 10.1. The van der Waals surface area contributed by atoms with Crippen molar-refractivity contribution in [2.75, 3.05) is 26.2 Å². The zero-order valence-corrected chi connectivity index (χ0v) is 14.7. The van der Waals surface area contributed by atoms with Crippen molar-refractivity contribution in [2.24, 2.45) is 0 Å². The van der Waals surface area contributed by atoms with Gasteiger partial charge in [-0.15, -0.1) is 0 Å². The highest BCUT2D eigenvalue weighted by molar-refractivity contribution is 6.13. The molecule has 0 atom stereocenters. The molecule has 0 bridgehead atoms. The summed E-state index contributed by atoms with van der Waals surface area (Å²) in [5, 5.41) is 0. The number of rotatable bonds is 12. The van der Waals surface area contributed by atoms with Gasteiger partial charge in [-0.1, -0.05) is 40.0 Å². The van der Waals surface area contributed by atoms with E-state index in [0.717, 1.165) is 6.54 Å². The minimum absolute atomic E-state index is 0.0107. The predicted octanol–water partition coefficient (Wildman–Crippen LogP) is 4.73. The quantitative estimate of drug-likeness (QED) is 0.405. The van der Waals surface area contributed by atoms with Crippen LogP contribution in [0.2, 0.25) is 0 Å². The van der Waals surface area contributed by atoms with Crippen LogP contribution in [0.15, 0.2) is 0 Å². The lowest BCUT2D eigenvalue weighted by Crippen LogP contribution is -2.59. The van der Waals surface area contributed by atoms with Crippen molar-refractivity contribution in [1.29, 1.82) is 0 Å². The normalized spacial score (nSPS) is 12.9. The third-order valence-corrected chi connectivity index (χ3v) is 4.46. The third-order valence-electron chi connectivity index (χ3n) is 3.94. The van der Waals surface area contributed by atoms with E-state index >= 15 is 0 Å². The van der Waals surface area contributed by atoms with Crippen molar-refractivity contribution in [3.63, 3.8) is 0 Å².